The maximum Gasteiger partial charge on any atom is 0.247 e. The molecule has 0 unspecified atom stereocenters. The monoisotopic (exact) mass is 547 g/mol. The third-order valence-corrected chi connectivity index (χ3v) is 7.85. The van der Waals surface area contributed by atoms with Crippen LogP contribution in [0.5, 0.6) is 0 Å². The molecular weight excluding hydrogens is 518 g/mol. The fraction of sp³-hybridized carbons (Fsp3) is 0.500. The molecule has 1 aliphatic carbocycles. The molecule has 202 valence electrons. The van der Waals surface area contributed by atoms with Gasteiger partial charge in [0.05, 0.1) is 40.3 Å². The number of nitrogens with zero attached hydrogens (tertiary/aromatic N) is 9. The number of aliphatic hydroxyl groups excluding tert-OH is 1. The van der Waals surface area contributed by atoms with Gasteiger partial charge in [-0.15, -0.1) is 5.10 Å². The van der Waals surface area contributed by atoms with Crippen LogP contribution in [0.3, 0.4) is 0 Å². The molecule has 0 amide bonds. The van der Waals surface area contributed by atoms with Crippen LogP contribution in [0.1, 0.15) is 31.0 Å². The number of likely N-dealkylation sites (tertiary alicyclic amines) is 1. The van der Waals surface area contributed by atoms with E-state index in [1.807, 2.05) is 13.0 Å². The molecule has 0 bridgehead atoms. The summed E-state index contributed by atoms with van der Waals surface area (Å²) in [6.07, 6.45) is 3.28. The Bertz CT molecular complexity index is 1460. The number of aromatic nitrogens is 4. The number of rotatable bonds is 8. The molecule has 12 nitrogen and oxygen atoms in total. The minimum atomic E-state index is -0.304. The minimum absolute atomic E-state index is 0.250. The lowest BCUT2D eigenvalue weighted by Gasteiger charge is -2.49. The number of benzene rings is 1. The topological polar surface area (TPSA) is 145 Å². The number of fused-ring (bicyclic) bond motifs is 1. The lowest BCUT2D eigenvalue weighted by molar-refractivity contribution is 0.00562. The van der Waals surface area contributed by atoms with Gasteiger partial charge in [0, 0.05) is 57.9 Å². The molecule has 3 fully saturated rings. The lowest BCUT2D eigenvalue weighted by atomic mass is 10.0. The van der Waals surface area contributed by atoms with Crippen LogP contribution in [0, 0.1) is 22.7 Å². The Morgan fingerprint density at radius 1 is 1.15 bits per heavy atom. The molecule has 4 heterocycles. The first-order chi connectivity index (χ1) is 18.9. The highest BCUT2D eigenvalue weighted by atomic mass is 35.5. The van der Waals surface area contributed by atoms with Gasteiger partial charge in [0.2, 0.25) is 5.95 Å². The Hall–Kier alpha value is -3.68. The Morgan fingerprint density at radius 3 is 2.59 bits per heavy atom. The SMILES string of the molecule is C[C@@H](O)CN1CC(N2CCN(c3cc(C#N)cc(Nc4nc(NC5CC5)c5ncc(C#N)n5n4)c3Cl)CC2)C1. The number of nitrogens with one attached hydrogen (secondary N) is 2. The second-order valence-electron chi connectivity index (χ2n) is 10.5. The van der Waals surface area contributed by atoms with Crippen molar-refractivity contribution in [3.63, 3.8) is 0 Å². The molecule has 1 saturated carbocycles. The summed E-state index contributed by atoms with van der Waals surface area (Å²) >= 11 is 6.92. The Labute approximate surface area is 231 Å². The molecule has 2 saturated heterocycles. The molecule has 1 atom stereocenters. The standard InChI is InChI=1S/C26H30ClN11O/c1-16(39)13-35-14-20(15-35)36-4-6-37(7-5-36)22-9-17(10-28)8-21(23(22)27)32-26-33-24(31-18-2-3-18)25-30-12-19(11-29)38(25)34-26/h8-9,12,16,18,20,39H,2-7,13-15H2,1H3,(H2,31,32,33,34)/t16-/m1/s1. The van der Waals surface area contributed by atoms with E-state index in [4.69, 9.17) is 11.6 Å². The van der Waals surface area contributed by atoms with Gasteiger partial charge in [-0.1, -0.05) is 11.6 Å². The molecule has 0 spiro atoms. The van der Waals surface area contributed by atoms with Crippen molar-refractivity contribution in [2.24, 2.45) is 0 Å². The van der Waals surface area contributed by atoms with Crippen LogP contribution in [0.2, 0.25) is 5.02 Å². The predicted octanol–water partition coefficient (Wildman–Crippen LogP) is 2.03. The fourth-order valence-electron chi connectivity index (χ4n) is 5.27. The van der Waals surface area contributed by atoms with E-state index in [1.165, 1.54) is 10.7 Å². The molecule has 6 rings (SSSR count). The molecule has 0 radical (unpaired) electrons. The quantitative estimate of drug-likeness (QED) is 0.381. The average Bonchev–Trinajstić information content (AvgIpc) is 3.63. The van der Waals surface area contributed by atoms with Crippen LogP contribution < -0.4 is 15.5 Å². The molecule has 3 N–H and O–H groups in total. The fourth-order valence-corrected chi connectivity index (χ4v) is 5.54. The number of anilines is 4. The first-order valence-corrected chi connectivity index (χ1v) is 13.6. The van der Waals surface area contributed by atoms with E-state index in [2.05, 4.69) is 52.5 Å². The highest BCUT2D eigenvalue weighted by Crippen LogP contribution is 2.37. The van der Waals surface area contributed by atoms with E-state index in [0.29, 0.717) is 45.5 Å². The predicted molar refractivity (Wildman–Crippen MR) is 147 cm³/mol. The highest BCUT2D eigenvalue weighted by molar-refractivity contribution is 6.36. The van der Waals surface area contributed by atoms with Crippen molar-refractivity contribution in [3.8, 4) is 12.1 Å². The Balaban J connectivity index is 1.21. The summed E-state index contributed by atoms with van der Waals surface area (Å²) in [5.74, 6) is 0.794. The van der Waals surface area contributed by atoms with Gasteiger partial charge in [-0.3, -0.25) is 9.80 Å². The minimum Gasteiger partial charge on any atom is -0.392 e. The van der Waals surface area contributed by atoms with Crippen molar-refractivity contribution < 1.29 is 5.11 Å². The van der Waals surface area contributed by atoms with E-state index >= 15 is 0 Å². The maximum atomic E-state index is 9.76. The van der Waals surface area contributed by atoms with E-state index < -0.39 is 0 Å². The number of hydrogen-bond donors (Lipinski definition) is 3. The van der Waals surface area contributed by atoms with Gasteiger partial charge in [0.25, 0.3) is 0 Å². The molecule has 2 aromatic heterocycles. The van der Waals surface area contributed by atoms with Gasteiger partial charge >= 0.3 is 0 Å². The molecule has 39 heavy (non-hydrogen) atoms. The van der Waals surface area contributed by atoms with Crippen LogP contribution in [-0.4, -0.2) is 98.5 Å². The molecular formula is C26H30ClN11O. The van der Waals surface area contributed by atoms with Gasteiger partial charge in [0.1, 0.15) is 6.07 Å². The van der Waals surface area contributed by atoms with Crippen molar-refractivity contribution in [2.75, 3.05) is 61.3 Å². The van der Waals surface area contributed by atoms with Gasteiger partial charge in [-0.2, -0.15) is 20.0 Å². The van der Waals surface area contributed by atoms with Crippen molar-refractivity contribution in [3.05, 3.63) is 34.6 Å². The van der Waals surface area contributed by atoms with Crippen molar-refractivity contribution in [2.45, 2.75) is 38.0 Å². The second-order valence-corrected chi connectivity index (χ2v) is 10.9. The summed E-state index contributed by atoms with van der Waals surface area (Å²) in [5.41, 5.74) is 2.58. The Kier molecular flexibility index (Phi) is 6.87. The average molecular weight is 548 g/mol. The first kappa shape index (κ1) is 25.6. The van der Waals surface area contributed by atoms with Crippen molar-refractivity contribution >= 4 is 40.4 Å². The van der Waals surface area contributed by atoms with E-state index in [1.54, 1.807) is 6.07 Å². The molecule has 1 aromatic carbocycles. The zero-order valence-corrected chi connectivity index (χ0v) is 22.4. The summed E-state index contributed by atoms with van der Waals surface area (Å²) < 4.78 is 1.46. The van der Waals surface area contributed by atoms with E-state index in [0.717, 1.165) is 64.3 Å². The van der Waals surface area contributed by atoms with Crippen molar-refractivity contribution in [1.29, 1.82) is 10.5 Å². The summed E-state index contributed by atoms with van der Waals surface area (Å²) in [7, 11) is 0. The van der Waals surface area contributed by atoms with Crippen LogP contribution in [0.4, 0.5) is 23.1 Å². The summed E-state index contributed by atoms with van der Waals surface area (Å²) in [4.78, 5) is 15.9. The van der Waals surface area contributed by atoms with E-state index in [9.17, 15) is 15.6 Å². The number of piperazine rings is 1. The van der Waals surface area contributed by atoms with Gasteiger partial charge in [0.15, 0.2) is 17.2 Å². The van der Waals surface area contributed by atoms with Crippen LogP contribution in [0.25, 0.3) is 5.65 Å². The molecule has 3 aromatic rings. The highest BCUT2D eigenvalue weighted by Gasteiger charge is 2.34. The van der Waals surface area contributed by atoms with Crippen molar-refractivity contribution in [1.82, 2.24) is 29.4 Å². The number of β-amino-alcohol motifs (C(OH)–C–C–N with tert-alkyl or cyclic N) is 1. The normalized spacial score (nSPS) is 19.4. The Morgan fingerprint density at radius 2 is 1.92 bits per heavy atom. The first-order valence-electron chi connectivity index (χ1n) is 13.2. The number of halogens is 1. The smallest absolute Gasteiger partial charge is 0.247 e. The zero-order chi connectivity index (χ0) is 27.1. The summed E-state index contributed by atoms with van der Waals surface area (Å²) in [6, 6.07) is 8.70. The summed E-state index contributed by atoms with van der Waals surface area (Å²) in [5, 5.41) is 40.4. The van der Waals surface area contributed by atoms with E-state index in [-0.39, 0.29) is 12.1 Å². The zero-order valence-electron chi connectivity index (χ0n) is 21.7. The third kappa shape index (κ3) is 5.29. The molecule has 2 aliphatic heterocycles. The number of hydrogen-bond acceptors (Lipinski definition) is 11. The molecule has 13 heteroatoms. The number of aliphatic hydroxyl groups is 1. The van der Waals surface area contributed by atoms with Gasteiger partial charge in [-0.05, 0) is 31.9 Å². The number of nitriles is 2. The molecule has 3 aliphatic rings. The van der Waals surface area contributed by atoms with Crippen LogP contribution in [-0.2, 0) is 0 Å². The largest absolute Gasteiger partial charge is 0.392 e. The third-order valence-electron chi connectivity index (χ3n) is 7.46. The van der Waals surface area contributed by atoms with Crippen LogP contribution >= 0.6 is 11.6 Å². The van der Waals surface area contributed by atoms with Crippen LogP contribution in [0.15, 0.2) is 18.3 Å². The lowest BCUT2D eigenvalue weighted by Crippen LogP contribution is -2.63. The maximum absolute atomic E-state index is 9.76. The van der Waals surface area contributed by atoms with Gasteiger partial charge in [-0.25, -0.2) is 4.98 Å². The second kappa shape index (κ2) is 10.5. The summed E-state index contributed by atoms with van der Waals surface area (Å²) in [6.45, 7) is 7.89. The van der Waals surface area contributed by atoms with Gasteiger partial charge < -0.3 is 20.6 Å². The number of imidazole rings is 1.